The van der Waals surface area contributed by atoms with E-state index in [1.165, 1.54) is 12.8 Å². The molecular formula is C17H24Cl2N2O. The van der Waals surface area contributed by atoms with Gasteiger partial charge in [0.05, 0.1) is 11.1 Å². The summed E-state index contributed by atoms with van der Waals surface area (Å²) >= 11 is 12.9. The molecule has 1 aliphatic heterocycles. The highest BCUT2D eigenvalue weighted by atomic mass is 35.5. The molecule has 2 aliphatic rings. The lowest BCUT2D eigenvalue weighted by Crippen LogP contribution is -2.35. The highest BCUT2D eigenvalue weighted by Gasteiger charge is 2.31. The zero-order valence-electron chi connectivity index (χ0n) is 12.9. The zero-order chi connectivity index (χ0) is 15.5. The van der Waals surface area contributed by atoms with E-state index in [2.05, 4.69) is 4.90 Å². The molecule has 0 bridgehead atoms. The molecule has 1 aliphatic carbocycles. The number of nitrogens with zero attached hydrogens (tertiary/aromatic N) is 1. The van der Waals surface area contributed by atoms with Crippen LogP contribution in [0.4, 0.5) is 0 Å². The molecular weight excluding hydrogens is 319 g/mol. The summed E-state index contributed by atoms with van der Waals surface area (Å²) in [6.07, 6.45) is 6.05. The van der Waals surface area contributed by atoms with E-state index in [0.717, 1.165) is 61.8 Å². The Hall–Kier alpha value is -0.480. The maximum atomic E-state index is 6.56. The monoisotopic (exact) mass is 342 g/mol. The minimum absolute atomic E-state index is 0.273. The van der Waals surface area contributed by atoms with E-state index in [4.69, 9.17) is 33.7 Å². The van der Waals surface area contributed by atoms with Gasteiger partial charge >= 0.3 is 0 Å². The van der Waals surface area contributed by atoms with Gasteiger partial charge in [-0.25, -0.2) is 0 Å². The summed E-state index contributed by atoms with van der Waals surface area (Å²) < 4.78 is 6.07. The third kappa shape index (κ3) is 3.70. The minimum Gasteiger partial charge on any atom is -0.489 e. The fourth-order valence-corrected chi connectivity index (χ4v) is 3.93. The Balaban J connectivity index is 1.64. The number of benzene rings is 1. The molecule has 2 N–H and O–H groups in total. The SMILES string of the molecule is NCCC1CC(Oc2ccc(Cl)c(CN3CCCC3)c2Cl)C1. The van der Waals surface area contributed by atoms with Crippen LogP contribution in [0.5, 0.6) is 5.75 Å². The largest absolute Gasteiger partial charge is 0.489 e. The Morgan fingerprint density at radius 1 is 1.18 bits per heavy atom. The van der Waals surface area contributed by atoms with Crippen LogP contribution in [0.25, 0.3) is 0 Å². The number of rotatable bonds is 6. The average molecular weight is 343 g/mol. The van der Waals surface area contributed by atoms with Crippen molar-refractivity contribution in [3.05, 3.63) is 27.7 Å². The van der Waals surface area contributed by atoms with Crippen LogP contribution >= 0.6 is 23.2 Å². The van der Waals surface area contributed by atoms with Crippen molar-refractivity contribution in [2.45, 2.75) is 44.8 Å². The second kappa shape index (κ2) is 7.39. The van der Waals surface area contributed by atoms with Gasteiger partial charge in [-0.1, -0.05) is 23.2 Å². The first-order valence-electron chi connectivity index (χ1n) is 8.23. The smallest absolute Gasteiger partial charge is 0.138 e. The summed E-state index contributed by atoms with van der Waals surface area (Å²) in [6, 6.07) is 3.80. The molecule has 22 heavy (non-hydrogen) atoms. The molecule has 1 aromatic rings. The summed E-state index contributed by atoms with van der Waals surface area (Å²) in [6.45, 7) is 3.83. The summed E-state index contributed by atoms with van der Waals surface area (Å²) in [4.78, 5) is 2.40. The quantitative estimate of drug-likeness (QED) is 0.845. The lowest BCUT2D eigenvalue weighted by atomic mass is 9.80. The molecule has 0 radical (unpaired) electrons. The van der Waals surface area contributed by atoms with Crippen LogP contribution in [0.3, 0.4) is 0 Å². The number of halogens is 2. The molecule has 1 saturated carbocycles. The number of hydrogen-bond donors (Lipinski definition) is 1. The van der Waals surface area contributed by atoms with Gasteiger partial charge in [-0.3, -0.25) is 4.90 Å². The van der Waals surface area contributed by atoms with Gasteiger partial charge in [0, 0.05) is 17.1 Å². The normalized spacial score (nSPS) is 25.2. The first-order chi connectivity index (χ1) is 10.7. The Labute approximate surface area is 142 Å². The van der Waals surface area contributed by atoms with Crippen molar-refractivity contribution in [3.8, 4) is 5.75 Å². The van der Waals surface area contributed by atoms with E-state index in [0.29, 0.717) is 10.9 Å². The Morgan fingerprint density at radius 3 is 2.59 bits per heavy atom. The van der Waals surface area contributed by atoms with Crippen LogP contribution in [-0.4, -0.2) is 30.6 Å². The Bertz CT molecular complexity index is 512. The van der Waals surface area contributed by atoms with E-state index in [9.17, 15) is 0 Å². The standard InChI is InChI=1S/C17H24Cl2N2O/c18-15-3-4-16(22-13-9-12(10-13)5-6-20)17(19)14(15)11-21-7-1-2-8-21/h3-4,12-13H,1-2,5-11,20H2. The topological polar surface area (TPSA) is 38.5 Å². The predicted octanol–water partition coefficient (Wildman–Crippen LogP) is 4.10. The van der Waals surface area contributed by atoms with Crippen LogP contribution in [0, 0.1) is 5.92 Å². The summed E-state index contributed by atoms with van der Waals surface area (Å²) in [7, 11) is 0. The maximum Gasteiger partial charge on any atom is 0.138 e. The number of nitrogens with two attached hydrogens (primary N) is 1. The second-order valence-corrected chi connectivity index (χ2v) is 7.26. The molecule has 0 amide bonds. The molecule has 0 unspecified atom stereocenters. The van der Waals surface area contributed by atoms with Crippen LogP contribution < -0.4 is 10.5 Å². The lowest BCUT2D eigenvalue weighted by Gasteiger charge is -2.35. The van der Waals surface area contributed by atoms with Crippen molar-refractivity contribution in [2.24, 2.45) is 11.7 Å². The lowest BCUT2D eigenvalue weighted by molar-refractivity contribution is 0.0619. The highest BCUT2D eigenvalue weighted by molar-refractivity contribution is 6.36. The van der Waals surface area contributed by atoms with E-state index in [1.807, 2.05) is 12.1 Å². The molecule has 1 heterocycles. The molecule has 1 saturated heterocycles. The zero-order valence-corrected chi connectivity index (χ0v) is 14.4. The van der Waals surface area contributed by atoms with Gasteiger partial charge < -0.3 is 10.5 Å². The van der Waals surface area contributed by atoms with Crippen LogP contribution in [0.1, 0.15) is 37.7 Å². The molecule has 0 spiro atoms. The van der Waals surface area contributed by atoms with E-state index in [1.54, 1.807) is 0 Å². The minimum atomic E-state index is 0.273. The van der Waals surface area contributed by atoms with Crippen molar-refractivity contribution >= 4 is 23.2 Å². The van der Waals surface area contributed by atoms with Crippen LogP contribution in [0.15, 0.2) is 12.1 Å². The molecule has 0 atom stereocenters. The van der Waals surface area contributed by atoms with E-state index < -0.39 is 0 Å². The van der Waals surface area contributed by atoms with Crippen molar-refractivity contribution in [1.29, 1.82) is 0 Å². The summed E-state index contributed by atoms with van der Waals surface area (Å²) in [5.74, 6) is 1.49. The summed E-state index contributed by atoms with van der Waals surface area (Å²) in [5.41, 5.74) is 6.59. The van der Waals surface area contributed by atoms with Crippen molar-refractivity contribution in [1.82, 2.24) is 4.90 Å². The van der Waals surface area contributed by atoms with Crippen molar-refractivity contribution in [3.63, 3.8) is 0 Å². The van der Waals surface area contributed by atoms with Gasteiger partial charge in [0.25, 0.3) is 0 Å². The predicted molar refractivity (Wildman–Crippen MR) is 91.8 cm³/mol. The number of ether oxygens (including phenoxy) is 1. The third-order valence-corrected chi connectivity index (χ3v) is 5.56. The molecule has 2 fully saturated rings. The first-order valence-corrected chi connectivity index (χ1v) is 8.99. The maximum absolute atomic E-state index is 6.56. The van der Waals surface area contributed by atoms with Crippen LogP contribution in [-0.2, 0) is 6.54 Å². The van der Waals surface area contributed by atoms with E-state index in [-0.39, 0.29) is 6.10 Å². The average Bonchev–Trinajstić information content (AvgIpc) is 2.97. The fraction of sp³-hybridized carbons (Fsp3) is 0.647. The van der Waals surface area contributed by atoms with Gasteiger partial charge in [-0.2, -0.15) is 0 Å². The van der Waals surface area contributed by atoms with Gasteiger partial charge in [0.15, 0.2) is 0 Å². The van der Waals surface area contributed by atoms with Crippen LogP contribution in [0.2, 0.25) is 10.0 Å². The van der Waals surface area contributed by atoms with Crippen molar-refractivity contribution in [2.75, 3.05) is 19.6 Å². The van der Waals surface area contributed by atoms with Crippen molar-refractivity contribution < 1.29 is 4.74 Å². The second-order valence-electron chi connectivity index (χ2n) is 6.48. The molecule has 3 nitrogen and oxygen atoms in total. The number of hydrogen-bond acceptors (Lipinski definition) is 3. The Morgan fingerprint density at radius 2 is 1.91 bits per heavy atom. The first kappa shape index (κ1) is 16.4. The molecule has 3 rings (SSSR count). The fourth-order valence-electron chi connectivity index (χ4n) is 3.40. The highest BCUT2D eigenvalue weighted by Crippen LogP contribution is 2.39. The molecule has 0 aromatic heterocycles. The van der Waals surface area contributed by atoms with Gasteiger partial charge in [-0.05, 0) is 69.8 Å². The molecule has 122 valence electrons. The van der Waals surface area contributed by atoms with Gasteiger partial charge in [0.1, 0.15) is 5.75 Å². The summed E-state index contributed by atoms with van der Waals surface area (Å²) in [5, 5.41) is 1.42. The molecule has 1 aromatic carbocycles. The Kier molecular flexibility index (Phi) is 5.50. The molecule has 5 heteroatoms. The van der Waals surface area contributed by atoms with Gasteiger partial charge in [0.2, 0.25) is 0 Å². The third-order valence-electron chi connectivity index (χ3n) is 4.79. The van der Waals surface area contributed by atoms with Gasteiger partial charge in [-0.15, -0.1) is 0 Å². The van der Waals surface area contributed by atoms with E-state index >= 15 is 0 Å². The number of likely N-dealkylation sites (tertiary alicyclic amines) is 1.